The Hall–Kier alpha value is -2.76. The number of pyridine rings is 1. The number of rotatable bonds is 4. The van der Waals surface area contributed by atoms with E-state index in [1.807, 2.05) is 35.2 Å². The monoisotopic (exact) mass is 339 g/mol. The van der Waals surface area contributed by atoms with Gasteiger partial charge in [0.05, 0.1) is 0 Å². The van der Waals surface area contributed by atoms with E-state index >= 15 is 0 Å². The SMILES string of the molecule is CN(C)C(=O)N1C[CH]C(CNc2ccc(-n3ccccc3=O)cc2)C1. The standard InChI is InChI=1S/C19H23N4O2/c1-21(2)19(25)22-12-10-15(14-22)13-20-16-6-8-17(9-7-16)23-11-4-3-5-18(23)24/h3-11,15,20H,12-14H2,1-2H3. The van der Waals surface area contributed by atoms with Crippen molar-refractivity contribution in [2.24, 2.45) is 5.92 Å². The highest BCUT2D eigenvalue weighted by Gasteiger charge is 2.27. The van der Waals surface area contributed by atoms with Gasteiger partial charge < -0.3 is 15.1 Å². The van der Waals surface area contributed by atoms with Gasteiger partial charge in [-0.2, -0.15) is 0 Å². The van der Waals surface area contributed by atoms with Crippen molar-refractivity contribution >= 4 is 11.7 Å². The largest absolute Gasteiger partial charge is 0.385 e. The van der Waals surface area contributed by atoms with Gasteiger partial charge in [0.25, 0.3) is 5.56 Å². The molecule has 6 nitrogen and oxygen atoms in total. The van der Waals surface area contributed by atoms with Gasteiger partial charge in [0, 0.05) is 57.4 Å². The Morgan fingerprint density at radius 1 is 1.20 bits per heavy atom. The normalized spacial score (nSPS) is 16.7. The Morgan fingerprint density at radius 2 is 1.96 bits per heavy atom. The second-order valence-electron chi connectivity index (χ2n) is 6.41. The van der Waals surface area contributed by atoms with Crippen LogP contribution in [0.1, 0.15) is 0 Å². The van der Waals surface area contributed by atoms with Crippen LogP contribution in [-0.4, -0.2) is 54.1 Å². The maximum atomic E-state index is 11.9. The number of benzene rings is 1. The summed E-state index contributed by atoms with van der Waals surface area (Å²) in [6.45, 7) is 2.21. The number of nitrogens with one attached hydrogen (secondary N) is 1. The lowest BCUT2D eigenvalue weighted by Crippen LogP contribution is -2.37. The van der Waals surface area contributed by atoms with Gasteiger partial charge in [0.1, 0.15) is 0 Å². The van der Waals surface area contributed by atoms with Crippen molar-refractivity contribution in [2.75, 3.05) is 39.0 Å². The highest BCUT2D eigenvalue weighted by molar-refractivity contribution is 5.74. The van der Waals surface area contributed by atoms with Gasteiger partial charge in [-0.1, -0.05) is 6.07 Å². The molecule has 0 aliphatic carbocycles. The molecule has 1 atom stereocenters. The van der Waals surface area contributed by atoms with Gasteiger partial charge in [-0.3, -0.25) is 9.36 Å². The number of hydrogen-bond donors (Lipinski definition) is 1. The molecule has 25 heavy (non-hydrogen) atoms. The van der Waals surface area contributed by atoms with E-state index < -0.39 is 0 Å². The van der Waals surface area contributed by atoms with Crippen LogP contribution in [0.5, 0.6) is 0 Å². The number of urea groups is 1. The summed E-state index contributed by atoms with van der Waals surface area (Å²) >= 11 is 0. The third-order valence-electron chi connectivity index (χ3n) is 4.30. The molecule has 1 N–H and O–H groups in total. The van der Waals surface area contributed by atoms with Gasteiger partial charge in [0.2, 0.25) is 0 Å². The molecule has 6 heteroatoms. The predicted octanol–water partition coefficient (Wildman–Crippen LogP) is 2.07. The molecule has 1 aliphatic rings. The molecule has 1 aromatic carbocycles. The minimum Gasteiger partial charge on any atom is -0.385 e. The summed E-state index contributed by atoms with van der Waals surface area (Å²) in [5.41, 5.74) is 1.79. The quantitative estimate of drug-likeness (QED) is 0.928. The first-order valence-corrected chi connectivity index (χ1v) is 8.36. The summed E-state index contributed by atoms with van der Waals surface area (Å²) in [7, 11) is 3.54. The van der Waals surface area contributed by atoms with Crippen LogP contribution in [0, 0.1) is 12.3 Å². The minimum absolute atomic E-state index is 0.0468. The van der Waals surface area contributed by atoms with Crippen LogP contribution in [0.25, 0.3) is 5.69 Å². The number of anilines is 1. The van der Waals surface area contributed by atoms with Crippen molar-refractivity contribution in [3.05, 3.63) is 65.4 Å². The van der Waals surface area contributed by atoms with Crippen LogP contribution < -0.4 is 10.9 Å². The van der Waals surface area contributed by atoms with E-state index in [4.69, 9.17) is 0 Å². The topological polar surface area (TPSA) is 57.6 Å². The molecule has 2 aromatic rings. The highest BCUT2D eigenvalue weighted by atomic mass is 16.2. The van der Waals surface area contributed by atoms with Gasteiger partial charge in [0.15, 0.2) is 0 Å². The van der Waals surface area contributed by atoms with Crippen molar-refractivity contribution in [2.45, 2.75) is 0 Å². The molecule has 0 saturated carbocycles. The lowest BCUT2D eigenvalue weighted by Gasteiger charge is -2.21. The van der Waals surface area contributed by atoms with E-state index in [0.29, 0.717) is 12.5 Å². The Labute approximate surface area is 147 Å². The molecule has 3 rings (SSSR count). The molecule has 0 spiro atoms. The first-order valence-electron chi connectivity index (χ1n) is 8.36. The zero-order valence-electron chi connectivity index (χ0n) is 14.6. The number of hydrogen-bond acceptors (Lipinski definition) is 3. The van der Waals surface area contributed by atoms with Crippen molar-refractivity contribution < 1.29 is 4.79 Å². The van der Waals surface area contributed by atoms with E-state index in [2.05, 4.69) is 11.7 Å². The molecule has 1 fully saturated rings. The van der Waals surface area contributed by atoms with Crippen molar-refractivity contribution in [3.63, 3.8) is 0 Å². The van der Waals surface area contributed by atoms with E-state index in [1.165, 1.54) is 0 Å². The van der Waals surface area contributed by atoms with Crippen LogP contribution >= 0.6 is 0 Å². The van der Waals surface area contributed by atoms with E-state index in [0.717, 1.165) is 24.5 Å². The van der Waals surface area contributed by atoms with Gasteiger partial charge in [-0.05, 0) is 42.7 Å². The van der Waals surface area contributed by atoms with Crippen molar-refractivity contribution in [3.8, 4) is 5.69 Å². The first-order chi connectivity index (χ1) is 12.0. The van der Waals surface area contributed by atoms with E-state index in [1.54, 1.807) is 41.9 Å². The van der Waals surface area contributed by atoms with Crippen LogP contribution in [0.3, 0.4) is 0 Å². The molecule has 1 saturated heterocycles. The smallest absolute Gasteiger partial charge is 0.319 e. The van der Waals surface area contributed by atoms with Crippen LogP contribution in [0.2, 0.25) is 0 Å². The average Bonchev–Trinajstić information content (AvgIpc) is 3.09. The molecule has 1 radical (unpaired) electrons. The Morgan fingerprint density at radius 3 is 2.64 bits per heavy atom. The predicted molar refractivity (Wildman–Crippen MR) is 99.0 cm³/mol. The summed E-state index contributed by atoms with van der Waals surface area (Å²) < 4.78 is 1.61. The molecule has 2 heterocycles. The maximum Gasteiger partial charge on any atom is 0.319 e. The van der Waals surface area contributed by atoms with Gasteiger partial charge >= 0.3 is 6.03 Å². The molecule has 0 bridgehead atoms. The molecular formula is C19H23N4O2. The van der Waals surface area contributed by atoms with Crippen LogP contribution in [-0.2, 0) is 0 Å². The first kappa shape index (κ1) is 17.1. The van der Waals surface area contributed by atoms with Crippen LogP contribution in [0.4, 0.5) is 10.5 Å². The zero-order valence-corrected chi connectivity index (χ0v) is 14.6. The summed E-state index contributed by atoms with van der Waals surface area (Å²) in [6, 6.07) is 12.9. The number of nitrogens with zero attached hydrogens (tertiary/aromatic N) is 3. The summed E-state index contributed by atoms with van der Waals surface area (Å²) in [4.78, 5) is 27.2. The lowest BCUT2D eigenvalue weighted by atomic mass is 10.1. The number of carbonyl (C=O) groups excluding carboxylic acids is 1. The fourth-order valence-electron chi connectivity index (χ4n) is 2.92. The third kappa shape index (κ3) is 4.02. The molecule has 1 aliphatic heterocycles. The van der Waals surface area contributed by atoms with Gasteiger partial charge in [-0.15, -0.1) is 0 Å². The lowest BCUT2D eigenvalue weighted by molar-refractivity contribution is 0.180. The van der Waals surface area contributed by atoms with E-state index in [9.17, 15) is 9.59 Å². The summed E-state index contributed by atoms with van der Waals surface area (Å²) in [6.07, 6.45) is 3.93. The van der Waals surface area contributed by atoms with Crippen molar-refractivity contribution in [1.29, 1.82) is 0 Å². The number of carbonyl (C=O) groups is 1. The molecular weight excluding hydrogens is 316 g/mol. The minimum atomic E-state index is -0.0468. The number of aromatic nitrogens is 1. The van der Waals surface area contributed by atoms with Crippen LogP contribution in [0.15, 0.2) is 53.5 Å². The molecule has 131 valence electrons. The highest BCUT2D eigenvalue weighted by Crippen LogP contribution is 2.18. The second kappa shape index (κ2) is 7.42. The average molecular weight is 339 g/mol. The molecule has 2 amide bonds. The fourth-order valence-corrected chi connectivity index (χ4v) is 2.92. The zero-order chi connectivity index (χ0) is 17.8. The Bertz CT molecular complexity index is 783. The Balaban J connectivity index is 1.56. The molecule has 1 unspecified atom stereocenters. The number of likely N-dealkylation sites (tertiary alicyclic amines) is 1. The van der Waals surface area contributed by atoms with Gasteiger partial charge in [-0.25, -0.2) is 4.79 Å². The number of amides is 2. The molecule has 1 aromatic heterocycles. The van der Waals surface area contributed by atoms with E-state index in [-0.39, 0.29) is 11.6 Å². The second-order valence-corrected chi connectivity index (χ2v) is 6.41. The maximum absolute atomic E-state index is 11.9. The van der Waals surface area contributed by atoms with Crippen molar-refractivity contribution in [1.82, 2.24) is 14.4 Å². The Kier molecular flexibility index (Phi) is 5.07. The third-order valence-corrected chi connectivity index (χ3v) is 4.30. The summed E-state index contributed by atoms with van der Waals surface area (Å²) in [5.74, 6) is 0.334. The summed E-state index contributed by atoms with van der Waals surface area (Å²) in [5, 5.41) is 3.40. The fraction of sp³-hybridized carbons (Fsp3) is 0.316.